The van der Waals surface area contributed by atoms with E-state index in [-0.39, 0.29) is 10.8 Å². The number of aryl methyl sites for hydroxylation is 1. The number of rotatable bonds is 6. The van der Waals surface area contributed by atoms with Crippen molar-refractivity contribution in [2.75, 3.05) is 32.7 Å². The zero-order valence-corrected chi connectivity index (χ0v) is 22.3. The van der Waals surface area contributed by atoms with Gasteiger partial charge < -0.3 is 14.5 Å². The van der Waals surface area contributed by atoms with Gasteiger partial charge in [0.2, 0.25) is 15.9 Å². The van der Waals surface area contributed by atoms with Crippen LogP contribution < -0.4 is 9.46 Å². The molecule has 1 aromatic carbocycles. The lowest BCUT2D eigenvalue weighted by atomic mass is 9.91. The van der Waals surface area contributed by atoms with Crippen LogP contribution in [0.15, 0.2) is 41.4 Å². The summed E-state index contributed by atoms with van der Waals surface area (Å²) in [4.78, 5) is 21.9. The molecule has 1 saturated heterocycles. The Labute approximate surface area is 215 Å². The molecule has 0 spiro atoms. The number of pyridine rings is 1. The van der Waals surface area contributed by atoms with Crippen LogP contribution >= 0.6 is 0 Å². The molecule has 1 amide bonds. The van der Waals surface area contributed by atoms with Crippen molar-refractivity contribution in [3.05, 3.63) is 53.2 Å². The molecule has 194 valence electrons. The lowest BCUT2D eigenvalue weighted by Crippen LogP contribution is -2.48. The summed E-state index contributed by atoms with van der Waals surface area (Å²) in [6.45, 7) is 11.9. The molecular weight excluding hydrogens is 476 g/mol. The smallest absolute Gasteiger partial charge is 0.255 e. The second-order valence-corrected chi connectivity index (χ2v) is 11.3. The van der Waals surface area contributed by atoms with Crippen molar-refractivity contribution < 1.29 is 17.9 Å². The molecule has 4 rings (SSSR count). The lowest BCUT2D eigenvalue weighted by molar-refractivity contribution is 0.0620. The first-order chi connectivity index (χ1) is 17.1. The molecule has 0 bridgehead atoms. The molecule has 0 radical (unpaired) electrons. The van der Waals surface area contributed by atoms with Crippen molar-refractivity contribution >= 4 is 15.9 Å². The van der Waals surface area contributed by atoms with Gasteiger partial charge in [-0.05, 0) is 50.6 Å². The van der Waals surface area contributed by atoms with Crippen LogP contribution in [-0.4, -0.2) is 67.4 Å². The van der Waals surface area contributed by atoms with Crippen molar-refractivity contribution in [3.8, 4) is 18.7 Å². The lowest BCUT2D eigenvalue weighted by Gasteiger charge is -2.37. The standard InChI is InChI=1S/C25H34N4O4S.C2H2/c1-5-18-7-9-20(10-8-18)34(31,32)27-22-16-25(3,4)33-23-21(22)15-19(17-26-23)24(30)29-13-11-28(6-2)12-14-29;1-2/h7-10,15,17,22,27H,5-6,11-14,16H2,1-4H3;1-2H/t22-;/m0./s1. The fourth-order valence-corrected chi connectivity index (χ4v) is 5.76. The summed E-state index contributed by atoms with van der Waals surface area (Å²) in [5.74, 6) is 0.269. The second kappa shape index (κ2) is 11.4. The van der Waals surface area contributed by atoms with Crippen LogP contribution in [0.1, 0.15) is 61.6 Å². The third-order valence-electron chi connectivity index (χ3n) is 6.62. The SMILES string of the molecule is C#C.CCc1ccc(S(=O)(=O)N[C@H]2CC(C)(C)Oc3ncc(C(=O)N4CCN(CC)CC4)cc32)cc1. The Bertz CT molecular complexity index is 1180. The van der Waals surface area contributed by atoms with Gasteiger partial charge in [0.15, 0.2) is 0 Å². The highest BCUT2D eigenvalue weighted by atomic mass is 32.2. The molecule has 36 heavy (non-hydrogen) atoms. The monoisotopic (exact) mass is 512 g/mol. The number of hydrogen-bond acceptors (Lipinski definition) is 6. The van der Waals surface area contributed by atoms with E-state index in [9.17, 15) is 13.2 Å². The van der Waals surface area contributed by atoms with E-state index >= 15 is 0 Å². The number of amides is 1. The molecule has 2 aliphatic rings. The Morgan fingerprint density at radius 3 is 2.36 bits per heavy atom. The van der Waals surface area contributed by atoms with Crippen molar-refractivity contribution in [3.63, 3.8) is 0 Å². The third-order valence-corrected chi connectivity index (χ3v) is 8.10. The van der Waals surface area contributed by atoms with Gasteiger partial charge in [-0.25, -0.2) is 18.1 Å². The van der Waals surface area contributed by atoms with Crippen LogP contribution in [0.4, 0.5) is 0 Å². The summed E-state index contributed by atoms with van der Waals surface area (Å²) >= 11 is 0. The Morgan fingerprint density at radius 2 is 1.78 bits per heavy atom. The summed E-state index contributed by atoms with van der Waals surface area (Å²) in [6, 6.07) is 8.08. The minimum atomic E-state index is -3.77. The molecule has 0 saturated carbocycles. The zero-order valence-electron chi connectivity index (χ0n) is 21.5. The first-order valence-corrected chi connectivity index (χ1v) is 13.8. The summed E-state index contributed by atoms with van der Waals surface area (Å²) in [5.41, 5.74) is 1.50. The molecule has 2 aliphatic heterocycles. The number of piperazine rings is 1. The summed E-state index contributed by atoms with van der Waals surface area (Å²) in [6.07, 6.45) is 10.8. The topological polar surface area (TPSA) is 91.8 Å². The number of carbonyl (C=O) groups is 1. The molecule has 1 N–H and O–H groups in total. The number of hydrogen-bond donors (Lipinski definition) is 1. The van der Waals surface area contributed by atoms with Crippen molar-refractivity contribution in [1.29, 1.82) is 0 Å². The van der Waals surface area contributed by atoms with E-state index in [1.54, 1.807) is 18.2 Å². The van der Waals surface area contributed by atoms with Gasteiger partial charge in [0.05, 0.1) is 16.5 Å². The van der Waals surface area contributed by atoms with E-state index in [0.717, 1.165) is 31.6 Å². The van der Waals surface area contributed by atoms with Gasteiger partial charge in [-0.15, -0.1) is 12.8 Å². The average molecular weight is 513 g/mol. The number of sulfonamides is 1. The van der Waals surface area contributed by atoms with E-state index in [0.29, 0.717) is 36.5 Å². The normalized spacial score (nSPS) is 19.4. The molecule has 0 aliphatic carbocycles. The first kappa shape index (κ1) is 27.7. The number of benzene rings is 1. The average Bonchev–Trinajstić information content (AvgIpc) is 2.88. The van der Waals surface area contributed by atoms with Crippen molar-refractivity contribution in [2.24, 2.45) is 0 Å². The number of ether oxygens (including phenoxy) is 1. The van der Waals surface area contributed by atoms with Gasteiger partial charge in [-0.3, -0.25) is 4.79 Å². The number of carbonyl (C=O) groups excluding carboxylic acids is 1. The van der Waals surface area contributed by atoms with Crippen LogP contribution in [0.2, 0.25) is 0 Å². The highest BCUT2D eigenvalue weighted by molar-refractivity contribution is 7.89. The van der Waals surface area contributed by atoms with Crippen LogP contribution in [0.25, 0.3) is 0 Å². The van der Waals surface area contributed by atoms with E-state index in [2.05, 4.69) is 34.4 Å². The molecule has 9 heteroatoms. The number of fused-ring (bicyclic) bond motifs is 1. The first-order valence-electron chi connectivity index (χ1n) is 12.3. The number of aromatic nitrogens is 1. The second-order valence-electron chi connectivity index (χ2n) is 9.58. The minimum Gasteiger partial charge on any atom is -0.471 e. The van der Waals surface area contributed by atoms with Crippen LogP contribution in [0, 0.1) is 12.8 Å². The molecule has 2 aromatic rings. The molecule has 0 unspecified atom stereocenters. The summed E-state index contributed by atoms with van der Waals surface area (Å²) in [5, 5.41) is 0. The largest absolute Gasteiger partial charge is 0.471 e. The van der Waals surface area contributed by atoms with Gasteiger partial charge in [0.25, 0.3) is 5.91 Å². The summed E-state index contributed by atoms with van der Waals surface area (Å²) in [7, 11) is -3.77. The highest BCUT2D eigenvalue weighted by Crippen LogP contribution is 2.39. The molecule has 1 aromatic heterocycles. The van der Waals surface area contributed by atoms with E-state index in [4.69, 9.17) is 4.74 Å². The van der Waals surface area contributed by atoms with Crippen LogP contribution in [-0.2, 0) is 16.4 Å². The maximum absolute atomic E-state index is 13.2. The van der Waals surface area contributed by atoms with Crippen LogP contribution in [0.5, 0.6) is 5.88 Å². The Balaban J connectivity index is 0.00000176. The quantitative estimate of drug-likeness (QED) is 0.598. The molecule has 1 atom stereocenters. The van der Waals surface area contributed by atoms with Gasteiger partial charge >= 0.3 is 0 Å². The predicted octanol–water partition coefficient (Wildman–Crippen LogP) is 3.25. The van der Waals surface area contributed by atoms with Gasteiger partial charge in [0, 0.05) is 44.4 Å². The highest BCUT2D eigenvalue weighted by Gasteiger charge is 2.38. The minimum absolute atomic E-state index is 0.0901. The number of likely N-dealkylation sites (N-methyl/N-ethyl adjacent to an activating group) is 1. The number of terminal acetylenes is 1. The number of nitrogens with zero attached hydrogens (tertiary/aromatic N) is 3. The Kier molecular flexibility index (Phi) is 8.77. The maximum Gasteiger partial charge on any atom is 0.255 e. The number of nitrogens with one attached hydrogen (secondary N) is 1. The van der Waals surface area contributed by atoms with Crippen molar-refractivity contribution in [2.45, 2.75) is 57.1 Å². The fraction of sp³-hybridized carbons (Fsp3) is 0.481. The van der Waals surface area contributed by atoms with Gasteiger partial charge in [-0.1, -0.05) is 26.0 Å². The maximum atomic E-state index is 13.2. The summed E-state index contributed by atoms with van der Waals surface area (Å²) < 4.78 is 35.3. The Hall–Kier alpha value is -2.93. The van der Waals surface area contributed by atoms with Crippen molar-refractivity contribution in [1.82, 2.24) is 19.5 Å². The van der Waals surface area contributed by atoms with Gasteiger partial charge in [-0.2, -0.15) is 0 Å². The molecule has 8 nitrogen and oxygen atoms in total. The fourth-order valence-electron chi connectivity index (χ4n) is 4.54. The third kappa shape index (κ3) is 6.25. The predicted molar refractivity (Wildman–Crippen MR) is 140 cm³/mol. The van der Waals surface area contributed by atoms with E-state index < -0.39 is 21.7 Å². The molecular formula is C27H36N4O4S. The zero-order chi connectivity index (χ0) is 26.5. The van der Waals surface area contributed by atoms with Crippen LogP contribution in [0.3, 0.4) is 0 Å². The molecule has 1 fully saturated rings. The van der Waals surface area contributed by atoms with E-state index in [1.807, 2.05) is 37.8 Å². The van der Waals surface area contributed by atoms with E-state index in [1.165, 1.54) is 6.20 Å². The van der Waals surface area contributed by atoms with Gasteiger partial charge in [0.1, 0.15) is 5.60 Å². The molecule has 3 heterocycles. The Morgan fingerprint density at radius 1 is 1.14 bits per heavy atom.